The minimum absolute atomic E-state index is 0.210. The molecular formula is C22H22N2O2. The fourth-order valence-corrected chi connectivity index (χ4v) is 3.90. The first-order chi connectivity index (χ1) is 12.6. The number of rotatable bonds is 3. The average Bonchev–Trinajstić information content (AvgIpc) is 3.22. The summed E-state index contributed by atoms with van der Waals surface area (Å²) in [5.74, 6) is -0.437. The third-order valence-electron chi connectivity index (χ3n) is 5.15. The van der Waals surface area contributed by atoms with Gasteiger partial charge in [-0.2, -0.15) is 0 Å². The number of likely N-dealkylation sites (tertiary alicyclic amines) is 1. The minimum Gasteiger partial charge on any atom is -0.366 e. The maximum atomic E-state index is 13.3. The molecule has 0 saturated carbocycles. The molecule has 0 aliphatic carbocycles. The van der Waals surface area contributed by atoms with Crippen molar-refractivity contribution < 1.29 is 9.59 Å². The van der Waals surface area contributed by atoms with Crippen LogP contribution >= 0.6 is 0 Å². The Labute approximate surface area is 153 Å². The second kappa shape index (κ2) is 6.45. The molecule has 132 valence electrons. The van der Waals surface area contributed by atoms with E-state index in [2.05, 4.69) is 11.0 Å². The third kappa shape index (κ3) is 2.62. The molecule has 4 nitrogen and oxygen atoms in total. The van der Waals surface area contributed by atoms with Gasteiger partial charge in [0.05, 0.1) is 11.3 Å². The van der Waals surface area contributed by atoms with E-state index in [1.54, 1.807) is 0 Å². The van der Waals surface area contributed by atoms with Crippen molar-refractivity contribution in [1.29, 1.82) is 0 Å². The Bertz CT molecular complexity index is 909. The second-order valence-electron chi connectivity index (χ2n) is 7.02. The lowest BCUT2D eigenvalue weighted by Gasteiger charge is -2.20. The summed E-state index contributed by atoms with van der Waals surface area (Å²) in [4.78, 5) is 30.0. The molecule has 2 aliphatic rings. The Balaban J connectivity index is 1.88. The van der Waals surface area contributed by atoms with Crippen molar-refractivity contribution in [2.75, 3.05) is 18.0 Å². The Morgan fingerprint density at radius 1 is 0.846 bits per heavy atom. The number of amides is 2. The summed E-state index contributed by atoms with van der Waals surface area (Å²) in [5, 5.41) is 0. The third-order valence-corrected chi connectivity index (χ3v) is 5.15. The molecule has 1 fully saturated rings. The molecule has 2 amide bonds. The molecule has 2 aliphatic heterocycles. The van der Waals surface area contributed by atoms with Crippen LogP contribution in [-0.4, -0.2) is 29.8 Å². The van der Waals surface area contributed by atoms with Crippen LogP contribution in [0.2, 0.25) is 0 Å². The number of hydrogen-bond donors (Lipinski definition) is 0. The van der Waals surface area contributed by atoms with E-state index >= 15 is 0 Å². The van der Waals surface area contributed by atoms with E-state index in [-0.39, 0.29) is 11.8 Å². The Hall–Kier alpha value is -2.88. The number of carbonyl (C=O) groups excluding carboxylic acids is 2. The van der Waals surface area contributed by atoms with Gasteiger partial charge in [-0.3, -0.25) is 9.59 Å². The molecule has 2 heterocycles. The van der Waals surface area contributed by atoms with Crippen LogP contribution in [0.15, 0.2) is 54.2 Å². The standard InChI is InChI=1S/C22H22N2O2/c1-15-10-11-18(16(2)14-15)19-20(23-12-6-7-13-23)22(26)24(21(19)25)17-8-4-3-5-9-17/h3-5,8-11,14H,6-7,12-13H2,1-2H3. The van der Waals surface area contributed by atoms with Crippen LogP contribution in [-0.2, 0) is 9.59 Å². The van der Waals surface area contributed by atoms with Gasteiger partial charge in [0, 0.05) is 13.1 Å². The van der Waals surface area contributed by atoms with Gasteiger partial charge >= 0.3 is 0 Å². The molecule has 26 heavy (non-hydrogen) atoms. The first-order valence-corrected chi connectivity index (χ1v) is 9.08. The van der Waals surface area contributed by atoms with Crippen molar-refractivity contribution in [2.45, 2.75) is 26.7 Å². The van der Waals surface area contributed by atoms with Crippen LogP contribution in [0.3, 0.4) is 0 Å². The molecular weight excluding hydrogens is 324 g/mol. The Kier molecular flexibility index (Phi) is 4.11. The zero-order valence-corrected chi connectivity index (χ0v) is 15.2. The largest absolute Gasteiger partial charge is 0.366 e. The number of imide groups is 1. The molecule has 0 radical (unpaired) electrons. The second-order valence-corrected chi connectivity index (χ2v) is 7.02. The van der Waals surface area contributed by atoms with Gasteiger partial charge in [0.1, 0.15) is 5.70 Å². The van der Waals surface area contributed by atoms with E-state index < -0.39 is 0 Å². The molecule has 0 N–H and O–H groups in total. The molecule has 2 aromatic carbocycles. The summed E-state index contributed by atoms with van der Waals surface area (Å²) in [6, 6.07) is 15.2. The van der Waals surface area contributed by atoms with Crippen LogP contribution in [0.5, 0.6) is 0 Å². The van der Waals surface area contributed by atoms with Gasteiger partial charge in [-0.15, -0.1) is 0 Å². The molecule has 0 bridgehead atoms. The summed E-state index contributed by atoms with van der Waals surface area (Å²) in [6.07, 6.45) is 2.10. The highest BCUT2D eigenvalue weighted by Gasteiger charge is 2.43. The molecule has 4 rings (SSSR count). The lowest BCUT2D eigenvalue weighted by molar-refractivity contribution is -0.120. The average molecular weight is 346 g/mol. The minimum atomic E-state index is -0.227. The molecule has 0 aromatic heterocycles. The number of carbonyl (C=O) groups is 2. The normalized spacial score (nSPS) is 17.6. The van der Waals surface area contributed by atoms with Crippen LogP contribution in [0.25, 0.3) is 5.57 Å². The fraction of sp³-hybridized carbons (Fsp3) is 0.273. The van der Waals surface area contributed by atoms with Crippen molar-refractivity contribution >= 4 is 23.1 Å². The fourth-order valence-electron chi connectivity index (χ4n) is 3.90. The monoisotopic (exact) mass is 346 g/mol. The lowest BCUT2D eigenvalue weighted by atomic mass is 9.97. The Morgan fingerprint density at radius 3 is 2.19 bits per heavy atom. The summed E-state index contributed by atoms with van der Waals surface area (Å²) in [6.45, 7) is 5.68. The number of nitrogens with zero attached hydrogens (tertiary/aromatic N) is 2. The summed E-state index contributed by atoms with van der Waals surface area (Å²) in [7, 11) is 0. The van der Waals surface area contributed by atoms with E-state index in [0.717, 1.165) is 42.6 Å². The van der Waals surface area contributed by atoms with Gasteiger partial charge in [0.15, 0.2) is 0 Å². The SMILES string of the molecule is Cc1ccc(C2=C(N3CCCC3)C(=O)N(c3ccccc3)C2=O)c(C)c1. The van der Waals surface area contributed by atoms with Crippen LogP contribution in [0, 0.1) is 13.8 Å². The van der Waals surface area contributed by atoms with Gasteiger partial charge in [0.2, 0.25) is 0 Å². The highest BCUT2D eigenvalue weighted by atomic mass is 16.2. The zero-order chi connectivity index (χ0) is 18.3. The molecule has 0 spiro atoms. The first kappa shape index (κ1) is 16.6. The Morgan fingerprint density at radius 2 is 1.54 bits per heavy atom. The number of anilines is 1. The van der Waals surface area contributed by atoms with Crippen LogP contribution in [0.1, 0.15) is 29.5 Å². The number of aryl methyl sites for hydroxylation is 2. The van der Waals surface area contributed by atoms with Gasteiger partial charge < -0.3 is 4.90 Å². The summed E-state index contributed by atoms with van der Waals surface area (Å²) >= 11 is 0. The molecule has 0 unspecified atom stereocenters. The molecule has 2 aromatic rings. The lowest BCUT2D eigenvalue weighted by Crippen LogP contribution is -2.34. The van der Waals surface area contributed by atoms with Gasteiger partial charge in [-0.05, 0) is 49.9 Å². The van der Waals surface area contributed by atoms with Crippen molar-refractivity contribution in [3.8, 4) is 0 Å². The van der Waals surface area contributed by atoms with E-state index in [1.165, 1.54) is 4.90 Å². The highest BCUT2D eigenvalue weighted by molar-refractivity contribution is 6.45. The summed E-state index contributed by atoms with van der Waals surface area (Å²) in [5.41, 5.74) is 4.74. The predicted molar refractivity (Wildman–Crippen MR) is 103 cm³/mol. The topological polar surface area (TPSA) is 40.6 Å². The quantitative estimate of drug-likeness (QED) is 0.796. The summed E-state index contributed by atoms with van der Waals surface area (Å²) < 4.78 is 0. The van der Waals surface area contributed by atoms with E-state index in [0.29, 0.717) is 17.0 Å². The van der Waals surface area contributed by atoms with Crippen molar-refractivity contribution in [2.24, 2.45) is 0 Å². The number of benzene rings is 2. The molecule has 1 saturated heterocycles. The van der Waals surface area contributed by atoms with Gasteiger partial charge in [-0.1, -0.05) is 42.0 Å². The predicted octanol–water partition coefficient (Wildman–Crippen LogP) is 3.68. The molecule has 4 heteroatoms. The molecule has 0 atom stereocenters. The van der Waals surface area contributed by atoms with Crippen molar-refractivity contribution in [3.63, 3.8) is 0 Å². The van der Waals surface area contributed by atoms with Crippen LogP contribution < -0.4 is 4.90 Å². The van der Waals surface area contributed by atoms with Crippen molar-refractivity contribution in [3.05, 3.63) is 70.9 Å². The van der Waals surface area contributed by atoms with E-state index in [4.69, 9.17) is 0 Å². The number of hydrogen-bond acceptors (Lipinski definition) is 3. The van der Waals surface area contributed by atoms with Gasteiger partial charge in [-0.25, -0.2) is 4.90 Å². The van der Waals surface area contributed by atoms with Crippen LogP contribution in [0.4, 0.5) is 5.69 Å². The highest BCUT2D eigenvalue weighted by Crippen LogP contribution is 2.37. The van der Waals surface area contributed by atoms with Gasteiger partial charge in [0.25, 0.3) is 11.8 Å². The van der Waals surface area contributed by atoms with E-state index in [1.807, 2.05) is 56.3 Å². The smallest absolute Gasteiger partial charge is 0.282 e. The number of para-hydroxylation sites is 1. The van der Waals surface area contributed by atoms with Crippen molar-refractivity contribution in [1.82, 2.24) is 4.90 Å². The maximum absolute atomic E-state index is 13.3. The zero-order valence-electron chi connectivity index (χ0n) is 15.2. The first-order valence-electron chi connectivity index (χ1n) is 9.08. The maximum Gasteiger partial charge on any atom is 0.282 e. The van der Waals surface area contributed by atoms with E-state index in [9.17, 15) is 9.59 Å².